The van der Waals surface area contributed by atoms with Gasteiger partial charge in [0.15, 0.2) is 0 Å². The number of hydrogen-bond acceptors (Lipinski definition) is 7. The number of carbonyl (C=O) groups is 3. The van der Waals surface area contributed by atoms with Gasteiger partial charge >= 0.3 is 12.1 Å². The third-order valence-corrected chi connectivity index (χ3v) is 3.66. The molecule has 1 aromatic rings. The molecule has 156 valence electrons. The zero-order chi connectivity index (χ0) is 21.2. The molecule has 2 amide bonds. The van der Waals surface area contributed by atoms with Gasteiger partial charge in [-0.1, -0.05) is 32.0 Å². The Labute approximate surface area is 169 Å². The van der Waals surface area contributed by atoms with E-state index in [0.717, 1.165) is 0 Å². The van der Waals surface area contributed by atoms with Crippen LogP contribution in [-0.2, 0) is 23.9 Å². The second-order valence-electron chi connectivity index (χ2n) is 6.79. The monoisotopic (exact) mass is 403 g/mol. The highest BCUT2D eigenvalue weighted by Gasteiger charge is 2.32. The number of ether oxygens (including phenoxy) is 2. The van der Waals surface area contributed by atoms with E-state index in [2.05, 4.69) is 15.8 Å². The minimum Gasteiger partial charge on any atom is -0.470 e. The van der Waals surface area contributed by atoms with E-state index in [4.69, 9.17) is 14.3 Å². The van der Waals surface area contributed by atoms with Gasteiger partial charge in [-0.15, -0.1) is 0 Å². The number of amides is 2. The molecular formula is C20H25N3O6. The number of hydrogen-bond donors (Lipinski definition) is 2. The van der Waals surface area contributed by atoms with Gasteiger partial charge in [0.25, 0.3) is 0 Å². The van der Waals surface area contributed by atoms with Crippen molar-refractivity contribution < 1.29 is 28.7 Å². The van der Waals surface area contributed by atoms with Gasteiger partial charge in [0.1, 0.15) is 18.8 Å². The maximum Gasteiger partial charge on any atom is 0.437 e. The summed E-state index contributed by atoms with van der Waals surface area (Å²) in [5, 5.41) is 9.02. The molecule has 9 heteroatoms. The summed E-state index contributed by atoms with van der Waals surface area (Å²) >= 11 is 0. The Bertz CT molecular complexity index is 735. The highest BCUT2D eigenvalue weighted by molar-refractivity contribution is 5.91. The lowest BCUT2D eigenvalue weighted by molar-refractivity contribution is -0.143. The van der Waals surface area contributed by atoms with Crippen molar-refractivity contribution in [1.29, 1.82) is 0 Å². The maximum atomic E-state index is 12.1. The van der Waals surface area contributed by atoms with Crippen LogP contribution in [0, 0.1) is 18.8 Å². The summed E-state index contributed by atoms with van der Waals surface area (Å²) in [6, 6.07) is 8.01. The second kappa shape index (κ2) is 11.0. The first-order valence-electron chi connectivity index (χ1n) is 9.22. The standard InChI is InChI=1S/C20H25N3O6/c1-13(2)11-18(25)22-17-10-9-16(12-27-14(3)24)28-19(17)23-29-20(26)21-15-7-5-4-6-8-15/h4-10,13,16-17H,11-12H2,1-3H3,(H,21,26)(H,22,25)/t16-,17-/m1/s1. The van der Waals surface area contributed by atoms with Crippen molar-refractivity contribution in [3.8, 4) is 0 Å². The van der Waals surface area contributed by atoms with Gasteiger partial charge in [-0.25, -0.2) is 4.79 Å². The minimum absolute atomic E-state index is 0.0232. The van der Waals surface area contributed by atoms with Crippen molar-refractivity contribution in [2.75, 3.05) is 11.9 Å². The zero-order valence-corrected chi connectivity index (χ0v) is 16.6. The summed E-state index contributed by atoms with van der Waals surface area (Å²) in [5.41, 5.74) is 0.539. The predicted molar refractivity (Wildman–Crippen MR) is 105 cm³/mol. The van der Waals surface area contributed by atoms with Gasteiger partial charge in [0.2, 0.25) is 11.8 Å². The molecule has 29 heavy (non-hydrogen) atoms. The summed E-state index contributed by atoms with van der Waals surface area (Å²) in [6.07, 6.45) is 2.19. The second-order valence-corrected chi connectivity index (χ2v) is 6.79. The zero-order valence-electron chi connectivity index (χ0n) is 16.6. The third-order valence-electron chi connectivity index (χ3n) is 3.66. The van der Waals surface area contributed by atoms with Gasteiger partial charge in [0, 0.05) is 31.9 Å². The van der Waals surface area contributed by atoms with Gasteiger partial charge in [-0.2, -0.15) is 0 Å². The lowest BCUT2D eigenvalue weighted by atomic mass is 10.0. The van der Waals surface area contributed by atoms with E-state index in [1.165, 1.54) is 6.92 Å². The summed E-state index contributed by atoms with van der Waals surface area (Å²) in [4.78, 5) is 39.9. The smallest absolute Gasteiger partial charge is 0.437 e. The number of carbonyl (C=O) groups excluding carboxylic acids is 3. The number of benzene rings is 1. The van der Waals surface area contributed by atoms with Crippen LogP contribution >= 0.6 is 0 Å². The molecule has 2 atom stereocenters. The van der Waals surface area contributed by atoms with E-state index in [9.17, 15) is 14.4 Å². The van der Waals surface area contributed by atoms with Crippen LogP contribution in [0.3, 0.4) is 0 Å². The van der Waals surface area contributed by atoms with Crippen LogP contribution in [0.2, 0.25) is 0 Å². The van der Waals surface area contributed by atoms with Crippen LogP contribution in [0.15, 0.2) is 35.5 Å². The Hall–Kier alpha value is -3.10. The first-order chi connectivity index (χ1) is 13.8. The van der Waals surface area contributed by atoms with Crippen molar-refractivity contribution in [2.24, 2.45) is 11.1 Å². The lowest BCUT2D eigenvalue weighted by Gasteiger charge is -2.30. The number of rotatable bonds is 7. The number of nitrogens with one attached hydrogen (secondary N) is 2. The molecule has 1 heterocycles. The molecule has 9 nitrogen and oxygen atoms in total. The van der Waals surface area contributed by atoms with Crippen molar-refractivity contribution in [1.82, 2.24) is 5.32 Å². The van der Waals surface area contributed by atoms with Crippen LogP contribution in [0.4, 0.5) is 10.5 Å². The fraction of sp³-hybridized carbons (Fsp3) is 0.400. The number of nitrogens with zero attached hydrogens (tertiary/aromatic N) is 1. The highest BCUT2D eigenvalue weighted by atomic mass is 16.7. The molecule has 2 rings (SSSR count). The molecular weight excluding hydrogens is 378 g/mol. The highest BCUT2D eigenvalue weighted by Crippen LogP contribution is 2.16. The van der Waals surface area contributed by atoms with E-state index in [-0.39, 0.29) is 24.3 Å². The quantitative estimate of drug-likeness (QED) is 0.410. The van der Waals surface area contributed by atoms with Crippen molar-refractivity contribution in [3.05, 3.63) is 43.2 Å². The molecule has 2 N–H and O–H groups in total. The predicted octanol–water partition coefficient (Wildman–Crippen LogP) is 2.45. The molecule has 0 saturated carbocycles. The molecule has 0 aliphatic carbocycles. The summed E-state index contributed by atoms with van der Waals surface area (Å²) in [6.45, 7) is 5.10. The van der Waals surface area contributed by atoms with E-state index >= 15 is 0 Å². The average molecular weight is 403 g/mol. The molecule has 1 aromatic carbocycles. The van der Waals surface area contributed by atoms with E-state index in [0.29, 0.717) is 12.1 Å². The minimum atomic E-state index is -0.814. The molecule has 1 saturated heterocycles. The number of anilines is 1. The fourth-order valence-electron chi connectivity index (χ4n) is 2.41. The van der Waals surface area contributed by atoms with Gasteiger partial charge in [0.05, 0.1) is 0 Å². The first kappa shape index (κ1) is 22.2. The average Bonchev–Trinajstić information content (AvgIpc) is 2.66. The van der Waals surface area contributed by atoms with Gasteiger partial charge < -0.3 is 14.8 Å². The Morgan fingerprint density at radius 1 is 1.17 bits per heavy atom. The van der Waals surface area contributed by atoms with Crippen LogP contribution < -0.4 is 10.6 Å². The number of esters is 1. The Kier molecular flexibility index (Phi) is 8.45. The SMILES string of the molecule is CC(=O)OC[C@H]1[CH][CH][C@@H](NC(=O)CC(C)C)C(=NOC(=O)Nc2ccccc2)O1. The van der Waals surface area contributed by atoms with Crippen molar-refractivity contribution in [3.63, 3.8) is 0 Å². The van der Waals surface area contributed by atoms with E-state index in [1.807, 2.05) is 19.9 Å². The van der Waals surface area contributed by atoms with Gasteiger partial charge in [-0.3, -0.25) is 19.7 Å². The van der Waals surface area contributed by atoms with Crippen LogP contribution in [0.25, 0.3) is 0 Å². The maximum absolute atomic E-state index is 12.1. The van der Waals surface area contributed by atoms with Gasteiger partial charge in [-0.05, 0) is 23.2 Å². The molecule has 0 bridgehead atoms. The van der Waals surface area contributed by atoms with Crippen LogP contribution in [0.5, 0.6) is 0 Å². The van der Waals surface area contributed by atoms with Crippen LogP contribution in [-0.4, -0.2) is 42.6 Å². The largest absolute Gasteiger partial charge is 0.470 e. The molecule has 0 spiro atoms. The third kappa shape index (κ3) is 8.20. The summed E-state index contributed by atoms with van der Waals surface area (Å²) in [5.74, 6) is -0.497. The number of oxime groups is 1. The fourth-order valence-corrected chi connectivity index (χ4v) is 2.41. The Morgan fingerprint density at radius 2 is 1.90 bits per heavy atom. The number of para-hydroxylation sites is 1. The van der Waals surface area contributed by atoms with E-state index < -0.39 is 24.2 Å². The lowest BCUT2D eigenvalue weighted by Crippen LogP contribution is -2.48. The molecule has 0 aromatic heterocycles. The topological polar surface area (TPSA) is 115 Å². The summed E-state index contributed by atoms with van der Waals surface area (Å²) < 4.78 is 10.5. The van der Waals surface area contributed by atoms with E-state index in [1.54, 1.807) is 37.1 Å². The Morgan fingerprint density at radius 3 is 2.55 bits per heavy atom. The molecule has 1 aliphatic rings. The molecule has 2 radical (unpaired) electrons. The molecule has 1 aliphatic heterocycles. The molecule has 1 fully saturated rings. The normalized spacial score (nSPS) is 19.9. The van der Waals surface area contributed by atoms with Crippen LogP contribution in [0.1, 0.15) is 27.2 Å². The van der Waals surface area contributed by atoms with Crippen molar-refractivity contribution >= 4 is 29.6 Å². The molecule has 0 unspecified atom stereocenters. The van der Waals surface area contributed by atoms with Crippen molar-refractivity contribution in [2.45, 2.75) is 39.3 Å². The first-order valence-corrected chi connectivity index (χ1v) is 9.22. The Balaban J connectivity index is 2.01. The summed E-state index contributed by atoms with van der Waals surface area (Å²) in [7, 11) is 0.